The van der Waals surface area contributed by atoms with Crippen LogP contribution in [-0.4, -0.2) is 21.6 Å². The van der Waals surface area contributed by atoms with Crippen LogP contribution in [0.1, 0.15) is 30.9 Å². The summed E-state index contributed by atoms with van der Waals surface area (Å²) in [5.41, 5.74) is 15.8. The van der Waals surface area contributed by atoms with Gasteiger partial charge in [-0.15, -0.1) is 0 Å². The normalized spacial score (nSPS) is 21.0. The summed E-state index contributed by atoms with van der Waals surface area (Å²) < 4.78 is 6.11. The molecule has 0 fully saturated rings. The minimum absolute atomic E-state index is 0.0785. The Bertz CT molecular complexity index is 1180. The lowest BCUT2D eigenvalue weighted by Crippen LogP contribution is -2.30. The smallest absolute Gasteiger partial charge is 0.174 e. The van der Waals surface area contributed by atoms with E-state index in [1.54, 1.807) is 0 Å². The first-order valence-corrected chi connectivity index (χ1v) is 10.2. The van der Waals surface area contributed by atoms with Crippen LogP contribution in [-0.2, 0) is 4.79 Å². The molecule has 1 aliphatic carbocycles. The molecule has 1 aliphatic heterocycles. The predicted octanol–water partition coefficient (Wildman–Crippen LogP) is 3.61. The summed E-state index contributed by atoms with van der Waals surface area (Å²) >= 11 is 1.39. The lowest BCUT2D eigenvalue weighted by atomic mass is 9.78. The molecule has 3 heterocycles. The molecule has 5 rings (SSSR count). The molecule has 0 amide bonds. The number of allylic oxidation sites excluding steroid dienone is 2. The molecule has 146 valence electrons. The maximum Gasteiger partial charge on any atom is 0.174 e. The number of benzene rings is 1. The van der Waals surface area contributed by atoms with Gasteiger partial charge in [-0.05, 0) is 48.9 Å². The fourth-order valence-corrected chi connectivity index (χ4v) is 4.67. The van der Waals surface area contributed by atoms with E-state index >= 15 is 0 Å². The van der Waals surface area contributed by atoms with Crippen molar-refractivity contribution in [2.75, 3.05) is 0 Å². The highest BCUT2D eigenvalue weighted by Crippen LogP contribution is 2.43. The maximum atomic E-state index is 12.7. The monoisotopic (exact) mass is 405 g/mol. The Morgan fingerprint density at radius 2 is 2.07 bits per heavy atom. The number of H-pyrrole nitrogens is 1. The van der Waals surface area contributed by atoms with E-state index < -0.39 is 5.92 Å². The van der Waals surface area contributed by atoms with Gasteiger partial charge in [0.05, 0.1) is 22.6 Å². The molecule has 1 aromatic carbocycles. The molecule has 5 N–H and O–H groups in total. The second-order valence-corrected chi connectivity index (χ2v) is 8.00. The molecular weight excluding hydrogens is 386 g/mol. The van der Waals surface area contributed by atoms with Crippen LogP contribution in [0.2, 0.25) is 0 Å². The molecule has 0 spiro atoms. The fourth-order valence-electron chi connectivity index (χ4n) is 3.90. The number of furan rings is 1. The van der Waals surface area contributed by atoms with E-state index in [0.717, 1.165) is 34.7 Å². The van der Waals surface area contributed by atoms with Crippen molar-refractivity contribution in [2.45, 2.75) is 35.4 Å². The average molecular weight is 405 g/mol. The summed E-state index contributed by atoms with van der Waals surface area (Å²) in [5, 5.41) is 1.40. The molecular formula is C21H19N5O2S. The quantitative estimate of drug-likeness (QED) is 0.612. The second kappa shape index (κ2) is 6.97. The summed E-state index contributed by atoms with van der Waals surface area (Å²) in [4.78, 5) is 24.9. The largest absolute Gasteiger partial charge is 0.453 e. The number of aromatic nitrogens is 2. The van der Waals surface area contributed by atoms with Gasteiger partial charge in [-0.2, -0.15) is 0 Å². The van der Waals surface area contributed by atoms with E-state index in [-0.39, 0.29) is 5.78 Å². The molecule has 0 saturated heterocycles. The molecule has 8 heteroatoms. The van der Waals surface area contributed by atoms with Crippen molar-refractivity contribution in [1.82, 2.24) is 9.97 Å². The van der Waals surface area contributed by atoms with Gasteiger partial charge in [-0.1, -0.05) is 12.1 Å². The van der Waals surface area contributed by atoms with Crippen molar-refractivity contribution >= 4 is 34.4 Å². The van der Waals surface area contributed by atoms with Crippen LogP contribution in [0.5, 0.6) is 0 Å². The molecule has 0 bridgehead atoms. The van der Waals surface area contributed by atoms with Gasteiger partial charge in [0, 0.05) is 23.8 Å². The number of aliphatic imine (C=N–C) groups is 1. The number of nitrogens with zero attached hydrogens (tertiary/aromatic N) is 2. The summed E-state index contributed by atoms with van der Waals surface area (Å²) in [5.74, 6) is 0.620. The van der Waals surface area contributed by atoms with E-state index in [4.69, 9.17) is 15.9 Å². The molecule has 1 atom stereocenters. The van der Waals surface area contributed by atoms with Crippen molar-refractivity contribution in [1.29, 1.82) is 0 Å². The van der Waals surface area contributed by atoms with E-state index in [1.165, 1.54) is 18.0 Å². The van der Waals surface area contributed by atoms with Crippen molar-refractivity contribution in [2.24, 2.45) is 16.5 Å². The number of fused-ring (bicyclic) bond motifs is 1. The lowest BCUT2D eigenvalue weighted by molar-refractivity contribution is -0.116. The van der Waals surface area contributed by atoms with Crippen LogP contribution in [0.25, 0.3) is 11.0 Å². The highest BCUT2D eigenvalue weighted by atomic mass is 32.2. The number of nitrogens with one attached hydrogen (secondary N) is 1. The van der Waals surface area contributed by atoms with Gasteiger partial charge < -0.3 is 20.9 Å². The zero-order valence-corrected chi connectivity index (χ0v) is 16.3. The summed E-state index contributed by atoms with van der Waals surface area (Å²) in [6.07, 6.45) is 3.44. The Kier molecular flexibility index (Phi) is 4.28. The third-order valence-corrected chi connectivity index (χ3v) is 6.02. The summed E-state index contributed by atoms with van der Waals surface area (Å²) in [6.45, 7) is 0. The Labute approximate surface area is 171 Å². The first-order valence-electron chi connectivity index (χ1n) is 9.39. The number of carbonyl (C=O) groups excluding carboxylic acids is 1. The number of ketones is 1. The van der Waals surface area contributed by atoms with E-state index in [1.807, 2.05) is 36.4 Å². The van der Waals surface area contributed by atoms with E-state index in [0.29, 0.717) is 34.3 Å². The van der Waals surface area contributed by atoms with Gasteiger partial charge in [0.2, 0.25) is 0 Å². The fraction of sp³-hybridized carbons (Fsp3) is 0.190. The van der Waals surface area contributed by atoms with Crippen LogP contribution in [0.4, 0.5) is 0 Å². The van der Waals surface area contributed by atoms with Crippen LogP contribution in [0.3, 0.4) is 0 Å². The predicted molar refractivity (Wildman–Crippen MR) is 111 cm³/mol. The van der Waals surface area contributed by atoms with Crippen molar-refractivity contribution < 1.29 is 9.21 Å². The number of para-hydroxylation sites is 2. The topological polar surface area (TPSA) is 123 Å². The highest BCUT2D eigenvalue weighted by molar-refractivity contribution is 7.99. The standard InChI is InChI=1S/C21H19N5O2S/c22-10-11-18(19-14(24-20(11)23)6-3-7-15(19)27)16-8-9-17(28-16)29-21-25-12-4-1-2-5-13(12)26-21/h1-2,4-5,8-10,18H,3,6-7,22H2,(H2,23,24)(H,25,26). The lowest BCUT2D eigenvalue weighted by Gasteiger charge is -2.29. The van der Waals surface area contributed by atoms with Gasteiger partial charge >= 0.3 is 0 Å². The number of aromatic amines is 1. The molecule has 29 heavy (non-hydrogen) atoms. The van der Waals surface area contributed by atoms with E-state index in [2.05, 4.69) is 15.0 Å². The number of Topliss-reactive ketones (excluding diaryl/α,β-unsaturated/α-hetero) is 1. The van der Waals surface area contributed by atoms with Crippen molar-refractivity contribution in [3.63, 3.8) is 0 Å². The number of rotatable bonds is 3. The molecule has 0 radical (unpaired) electrons. The SMILES string of the molecule is NC=C1C(N)=NC2=C(C(=O)CCC2)C1c1ccc(Sc2nc3ccccc3[nH]2)o1. The second-order valence-electron chi connectivity index (χ2n) is 7.01. The van der Waals surface area contributed by atoms with Crippen LogP contribution in [0, 0.1) is 0 Å². The molecule has 0 saturated carbocycles. The number of amidine groups is 1. The molecule has 1 unspecified atom stereocenters. The number of hydrogen-bond acceptors (Lipinski definition) is 7. The number of nitrogens with two attached hydrogens (primary N) is 2. The maximum absolute atomic E-state index is 12.7. The van der Waals surface area contributed by atoms with Crippen molar-refractivity contribution in [3.8, 4) is 0 Å². The number of imidazole rings is 1. The summed E-state index contributed by atoms with van der Waals surface area (Å²) in [6, 6.07) is 11.6. The van der Waals surface area contributed by atoms with Crippen LogP contribution >= 0.6 is 11.8 Å². The zero-order chi connectivity index (χ0) is 20.0. The highest BCUT2D eigenvalue weighted by Gasteiger charge is 2.37. The van der Waals surface area contributed by atoms with Gasteiger partial charge in [-0.3, -0.25) is 4.79 Å². The molecule has 2 aliphatic rings. The van der Waals surface area contributed by atoms with Crippen LogP contribution in [0.15, 0.2) is 79.1 Å². The Hall–Kier alpha value is -3.26. The minimum atomic E-state index is -0.426. The molecule has 3 aromatic rings. The number of hydrogen-bond donors (Lipinski definition) is 3. The van der Waals surface area contributed by atoms with Crippen molar-refractivity contribution in [3.05, 3.63) is 65.2 Å². The number of carbonyl (C=O) groups is 1. The molecule has 7 nitrogen and oxygen atoms in total. The van der Waals surface area contributed by atoms with Gasteiger partial charge in [-0.25, -0.2) is 9.98 Å². The Morgan fingerprint density at radius 1 is 1.21 bits per heavy atom. The zero-order valence-electron chi connectivity index (χ0n) is 15.5. The first-order chi connectivity index (χ1) is 14.1. The van der Waals surface area contributed by atoms with Crippen LogP contribution < -0.4 is 11.5 Å². The van der Waals surface area contributed by atoms with E-state index in [9.17, 15) is 4.79 Å². The van der Waals surface area contributed by atoms with Gasteiger partial charge in [0.25, 0.3) is 0 Å². The third-order valence-electron chi connectivity index (χ3n) is 5.21. The minimum Gasteiger partial charge on any atom is -0.453 e. The Morgan fingerprint density at radius 3 is 2.90 bits per heavy atom. The van der Waals surface area contributed by atoms with Gasteiger partial charge in [0.15, 0.2) is 16.0 Å². The first kappa shape index (κ1) is 17.8. The van der Waals surface area contributed by atoms with Gasteiger partial charge in [0.1, 0.15) is 11.6 Å². The molecule has 2 aromatic heterocycles. The average Bonchev–Trinajstić information content (AvgIpc) is 3.33. The Balaban J connectivity index is 1.50. The third kappa shape index (κ3) is 3.05. The summed E-state index contributed by atoms with van der Waals surface area (Å²) in [7, 11) is 0.